The molecular formula is C15H18FNO4. The maximum absolute atomic E-state index is 13.1. The number of ketones is 1. The predicted octanol–water partition coefficient (Wildman–Crippen LogP) is 1.97. The molecule has 5 nitrogen and oxygen atoms in total. The van der Waals surface area contributed by atoms with Crippen LogP contribution in [0.4, 0.5) is 4.39 Å². The van der Waals surface area contributed by atoms with Crippen LogP contribution in [0.1, 0.15) is 30.6 Å². The van der Waals surface area contributed by atoms with E-state index < -0.39 is 29.7 Å². The molecule has 0 aromatic heterocycles. The Kier molecular flexibility index (Phi) is 5.58. The Morgan fingerprint density at radius 3 is 2.43 bits per heavy atom. The van der Waals surface area contributed by atoms with Gasteiger partial charge in [-0.2, -0.15) is 0 Å². The molecule has 0 fully saturated rings. The molecule has 21 heavy (non-hydrogen) atoms. The summed E-state index contributed by atoms with van der Waals surface area (Å²) in [5, 5.41) is 8.85. The Bertz CT molecular complexity index is 558. The molecule has 0 heterocycles. The minimum Gasteiger partial charge on any atom is -0.480 e. The van der Waals surface area contributed by atoms with Crippen LogP contribution in [0.3, 0.4) is 0 Å². The van der Waals surface area contributed by atoms with Gasteiger partial charge in [0.15, 0.2) is 5.78 Å². The second-order valence-electron chi connectivity index (χ2n) is 5.00. The molecule has 1 rings (SSSR count). The number of rotatable bonds is 6. The number of nitrogens with zero attached hydrogens (tertiary/aromatic N) is 1. The predicted molar refractivity (Wildman–Crippen MR) is 74.4 cm³/mol. The van der Waals surface area contributed by atoms with Gasteiger partial charge < -0.3 is 10.0 Å². The van der Waals surface area contributed by atoms with Crippen molar-refractivity contribution in [3.8, 4) is 0 Å². The van der Waals surface area contributed by atoms with E-state index >= 15 is 0 Å². The van der Waals surface area contributed by atoms with E-state index in [1.807, 2.05) is 0 Å². The van der Waals surface area contributed by atoms with E-state index in [1.165, 1.54) is 32.2 Å². The molecule has 0 radical (unpaired) electrons. The monoisotopic (exact) mass is 295 g/mol. The molecule has 0 aliphatic rings. The molecule has 2 atom stereocenters. The van der Waals surface area contributed by atoms with Crippen LogP contribution in [0.15, 0.2) is 24.3 Å². The van der Waals surface area contributed by atoms with Crippen molar-refractivity contribution in [1.82, 2.24) is 4.90 Å². The summed E-state index contributed by atoms with van der Waals surface area (Å²) in [5.41, 5.74) is 0.198. The van der Waals surface area contributed by atoms with Gasteiger partial charge in [0.1, 0.15) is 11.9 Å². The molecule has 1 aromatic carbocycles. The van der Waals surface area contributed by atoms with Crippen molar-refractivity contribution in [3.63, 3.8) is 0 Å². The maximum atomic E-state index is 13.1. The average molecular weight is 295 g/mol. The van der Waals surface area contributed by atoms with Crippen LogP contribution in [0, 0.1) is 11.7 Å². The highest BCUT2D eigenvalue weighted by molar-refractivity contribution is 5.99. The molecule has 1 aromatic rings. The lowest BCUT2D eigenvalue weighted by Gasteiger charge is -2.22. The van der Waals surface area contributed by atoms with Gasteiger partial charge in [-0.05, 0) is 19.1 Å². The lowest BCUT2D eigenvalue weighted by atomic mass is 9.95. The summed E-state index contributed by atoms with van der Waals surface area (Å²) in [6, 6.07) is 4.29. The highest BCUT2D eigenvalue weighted by Crippen LogP contribution is 2.15. The number of hydrogen-bond acceptors (Lipinski definition) is 3. The zero-order chi connectivity index (χ0) is 16.2. The van der Waals surface area contributed by atoms with Gasteiger partial charge >= 0.3 is 5.97 Å². The van der Waals surface area contributed by atoms with E-state index in [0.717, 1.165) is 11.0 Å². The molecule has 0 spiro atoms. The molecule has 0 aliphatic heterocycles. The van der Waals surface area contributed by atoms with Crippen molar-refractivity contribution < 1.29 is 23.9 Å². The quantitative estimate of drug-likeness (QED) is 0.814. The third-order valence-corrected chi connectivity index (χ3v) is 3.37. The van der Waals surface area contributed by atoms with Crippen molar-refractivity contribution in [2.75, 3.05) is 7.05 Å². The van der Waals surface area contributed by atoms with Crippen molar-refractivity contribution >= 4 is 17.7 Å². The van der Waals surface area contributed by atoms with Crippen LogP contribution in [0.2, 0.25) is 0 Å². The van der Waals surface area contributed by atoms with Crippen LogP contribution in [0.25, 0.3) is 0 Å². The zero-order valence-electron chi connectivity index (χ0n) is 12.2. The first-order valence-corrected chi connectivity index (χ1v) is 6.52. The molecule has 0 aliphatic carbocycles. The molecular weight excluding hydrogens is 277 g/mol. The third-order valence-electron chi connectivity index (χ3n) is 3.37. The van der Waals surface area contributed by atoms with Gasteiger partial charge in [0.25, 0.3) is 0 Å². The van der Waals surface area contributed by atoms with Crippen molar-refractivity contribution in [3.05, 3.63) is 35.6 Å². The van der Waals surface area contributed by atoms with Gasteiger partial charge in [-0.15, -0.1) is 0 Å². The van der Waals surface area contributed by atoms with Gasteiger partial charge in [-0.25, -0.2) is 9.18 Å². The normalized spacial score (nSPS) is 13.3. The van der Waals surface area contributed by atoms with Gasteiger partial charge in [0.05, 0.1) is 0 Å². The van der Waals surface area contributed by atoms with E-state index in [4.69, 9.17) is 5.11 Å². The number of halogens is 1. The number of carboxylic acids is 1. The van der Waals surface area contributed by atoms with Crippen LogP contribution in [0.5, 0.6) is 0 Å². The van der Waals surface area contributed by atoms with Crippen LogP contribution >= 0.6 is 0 Å². The molecule has 1 N–H and O–H groups in total. The van der Waals surface area contributed by atoms with Crippen molar-refractivity contribution in [2.45, 2.75) is 26.3 Å². The Morgan fingerprint density at radius 2 is 1.90 bits per heavy atom. The minimum absolute atomic E-state index is 0.122. The lowest BCUT2D eigenvalue weighted by Crippen LogP contribution is -2.41. The number of likely N-dealkylation sites (N-methyl/N-ethyl adjacent to an activating group) is 1. The van der Waals surface area contributed by atoms with Gasteiger partial charge in [0.2, 0.25) is 5.91 Å². The molecule has 1 amide bonds. The van der Waals surface area contributed by atoms with E-state index in [1.54, 1.807) is 6.92 Å². The lowest BCUT2D eigenvalue weighted by molar-refractivity contribution is -0.148. The van der Waals surface area contributed by atoms with E-state index in [2.05, 4.69) is 0 Å². The SMILES string of the molecule is CC(CC(=O)N(C)C(C)C(=O)O)C(=O)c1cccc(F)c1. The summed E-state index contributed by atoms with van der Waals surface area (Å²) in [6.07, 6.45) is -0.122. The Morgan fingerprint density at radius 1 is 1.29 bits per heavy atom. The molecule has 114 valence electrons. The number of carbonyl (C=O) groups excluding carboxylic acids is 2. The summed E-state index contributed by atoms with van der Waals surface area (Å²) in [4.78, 5) is 35.9. The van der Waals surface area contributed by atoms with Gasteiger partial charge in [-0.3, -0.25) is 9.59 Å². The highest BCUT2D eigenvalue weighted by atomic mass is 19.1. The molecule has 0 bridgehead atoms. The molecule has 0 saturated carbocycles. The first-order chi connectivity index (χ1) is 9.73. The molecule has 6 heteroatoms. The second-order valence-corrected chi connectivity index (χ2v) is 5.00. The first-order valence-electron chi connectivity index (χ1n) is 6.52. The van der Waals surface area contributed by atoms with Crippen LogP contribution < -0.4 is 0 Å². The second kappa shape index (κ2) is 6.97. The summed E-state index contributed by atoms with van der Waals surface area (Å²) in [6.45, 7) is 2.95. The minimum atomic E-state index is -1.12. The Hall–Kier alpha value is -2.24. The highest BCUT2D eigenvalue weighted by Gasteiger charge is 2.25. The van der Waals surface area contributed by atoms with Crippen LogP contribution in [-0.4, -0.2) is 40.8 Å². The number of aliphatic carboxylic acids is 1. The summed E-state index contributed by atoms with van der Waals surface area (Å²) >= 11 is 0. The molecule has 0 saturated heterocycles. The number of benzene rings is 1. The summed E-state index contributed by atoms with van der Waals surface area (Å²) < 4.78 is 13.1. The van der Waals surface area contributed by atoms with Crippen LogP contribution in [-0.2, 0) is 9.59 Å². The fourth-order valence-corrected chi connectivity index (χ4v) is 1.81. The van der Waals surface area contributed by atoms with Gasteiger partial charge in [0, 0.05) is 24.9 Å². The Labute approximate surface area is 122 Å². The number of Topliss-reactive ketones (excluding diaryl/α,β-unsaturated/α-hetero) is 1. The standard InChI is InChI=1S/C15H18FNO4/c1-9(7-13(18)17(3)10(2)15(20)21)14(19)11-5-4-6-12(16)8-11/h4-6,8-10H,7H2,1-3H3,(H,20,21). The maximum Gasteiger partial charge on any atom is 0.326 e. The molecule has 2 unspecified atom stereocenters. The number of amides is 1. The van der Waals surface area contributed by atoms with Crippen molar-refractivity contribution in [2.24, 2.45) is 5.92 Å². The average Bonchev–Trinajstić information content (AvgIpc) is 2.44. The fraction of sp³-hybridized carbons (Fsp3) is 0.400. The van der Waals surface area contributed by atoms with Crippen molar-refractivity contribution in [1.29, 1.82) is 0 Å². The summed E-state index contributed by atoms with van der Waals surface area (Å²) in [5.74, 6) is -3.07. The fourth-order valence-electron chi connectivity index (χ4n) is 1.81. The summed E-state index contributed by atoms with van der Waals surface area (Å²) in [7, 11) is 1.38. The first kappa shape index (κ1) is 16.8. The topological polar surface area (TPSA) is 74.7 Å². The third kappa shape index (κ3) is 4.37. The Balaban J connectivity index is 2.72. The smallest absolute Gasteiger partial charge is 0.326 e. The number of hydrogen-bond donors (Lipinski definition) is 1. The van der Waals surface area contributed by atoms with E-state index in [-0.39, 0.29) is 17.8 Å². The number of carbonyl (C=O) groups is 3. The van der Waals surface area contributed by atoms with E-state index in [9.17, 15) is 18.8 Å². The largest absolute Gasteiger partial charge is 0.480 e. The van der Waals surface area contributed by atoms with E-state index in [0.29, 0.717) is 0 Å². The number of carboxylic acid groups (broad SMARTS) is 1. The zero-order valence-corrected chi connectivity index (χ0v) is 12.2. The van der Waals surface area contributed by atoms with Gasteiger partial charge in [-0.1, -0.05) is 19.1 Å².